The molecular weight excluding hydrogens is 192 g/mol. The first-order valence-electron chi connectivity index (χ1n) is 5.15. The predicted molar refractivity (Wildman–Crippen MR) is 58.1 cm³/mol. The number of methoxy groups -OCH3 is 1. The number of hydrogen-bond donors (Lipinski definition) is 0. The monoisotopic (exact) mass is 212 g/mol. The minimum absolute atomic E-state index is 0.210. The number of rotatable bonds is 6. The Bertz CT molecular complexity index is 243. The first-order valence-corrected chi connectivity index (χ1v) is 5.15. The molecule has 0 N–H and O–H groups in total. The van der Waals surface area contributed by atoms with Crippen LogP contribution in [-0.4, -0.2) is 37.6 Å². The van der Waals surface area contributed by atoms with Crippen LogP contribution < -0.4 is 0 Å². The molecule has 86 valence electrons. The number of ether oxygens (including phenoxy) is 1. The largest absolute Gasteiger partial charge is 0.469 e. The second kappa shape index (κ2) is 6.41. The van der Waals surface area contributed by atoms with Gasteiger partial charge in [0.15, 0.2) is 0 Å². The Balaban J connectivity index is 4.27. The van der Waals surface area contributed by atoms with Crippen molar-refractivity contribution >= 4 is 5.97 Å². The first kappa shape index (κ1) is 13.9. The Kier molecular flexibility index (Phi) is 5.95. The molecule has 0 aliphatic heterocycles. The highest BCUT2D eigenvalue weighted by molar-refractivity contribution is 5.76. The number of carbonyl (C=O) groups is 1. The van der Waals surface area contributed by atoms with Crippen molar-refractivity contribution in [1.82, 2.24) is 4.90 Å². The van der Waals surface area contributed by atoms with E-state index in [1.807, 2.05) is 20.8 Å². The number of hydrogen-bond acceptors (Lipinski definition) is 4. The molecular formula is C11H20N2O2. The molecule has 0 heterocycles. The van der Waals surface area contributed by atoms with Crippen molar-refractivity contribution in [2.45, 2.75) is 27.2 Å². The predicted octanol–water partition coefficient (Wildman–Crippen LogP) is 1.42. The summed E-state index contributed by atoms with van der Waals surface area (Å²) in [5.74, 6) is -0.210. The lowest BCUT2D eigenvalue weighted by molar-refractivity contribution is -0.151. The second-order valence-electron chi connectivity index (χ2n) is 4.15. The van der Waals surface area contributed by atoms with Crippen LogP contribution in [0.1, 0.15) is 27.2 Å². The van der Waals surface area contributed by atoms with Gasteiger partial charge in [-0.3, -0.25) is 4.79 Å². The quantitative estimate of drug-likeness (QED) is 0.625. The van der Waals surface area contributed by atoms with Gasteiger partial charge in [0.1, 0.15) is 0 Å². The molecule has 0 aromatic rings. The average molecular weight is 212 g/mol. The molecule has 0 amide bonds. The van der Waals surface area contributed by atoms with Gasteiger partial charge in [0.05, 0.1) is 18.6 Å². The molecule has 0 rings (SSSR count). The normalized spacial score (nSPS) is 11.2. The molecule has 0 aromatic carbocycles. The van der Waals surface area contributed by atoms with Crippen LogP contribution in [0.3, 0.4) is 0 Å². The van der Waals surface area contributed by atoms with E-state index in [4.69, 9.17) is 10.00 Å². The molecule has 0 saturated heterocycles. The molecule has 4 heteroatoms. The smallest absolute Gasteiger partial charge is 0.312 e. The molecule has 0 aliphatic carbocycles. The van der Waals surface area contributed by atoms with Crippen LogP contribution in [0.25, 0.3) is 0 Å². The van der Waals surface area contributed by atoms with E-state index in [1.54, 1.807) is 0 Å². The summed E-state index contributed by atoms with van der Waals surface area (Å²) >= 11 is 0. The fourth-order valence-electron chi connectivity index (χ4n) is 1.46. The third-order valence-corrected chi connectivity index (χ3v) is 2.34. The van der Waals surface area contributed by atoms with Gasteiger partial charge in [0.2, 0.25) is 0 Å². The highest BCUT2D eigenvalue weighted by Gasteiger charge is 2.30. The average Bonchev–Trinajstić information content (AvgIpc) is 2.22. The lowest BCUT2D eigenvalue weighted by atomic mass is 9.93. The Morgan fingerprint density at radius 1 is 1.53 bits per heavy atom. The summed E-state index contributed by atoms with van der Waals surface area (Å²) in [7, 11) is 1.40. The van der Waals surface area contributed by atoms with Crippen LogP contribution in [0.4, 0.5) is 0 Å². The zero-order chi connectivity index (χ0) is 11.9. The van der Waals surface area contributed by atoms with Gasteiger partial charge < -0.3 is 9.64 Å². The number of nitrogens with zero attached hydrogens (tertiary/aromatic N) is 2. The fraction of sp³-hybridized carbons (Fsp3) is 0.818. The number of esters is 1. The van der Waals surface area contributed by atoms with E-state index in [1.165, 1.54) is 7.11 Å². The van der Waals surface area contributed by atoms with E-state index < -0.39 is 5.41 Å². The summed E-state index contributed by atoms with van der Waals surface area (Å²) in [6.07, 6.45) is 0.491. The van der Waals surface area contributed by atoms with Crippen molar-refractivity contribution in [3.63, 3.8) is 0 Å². The summed E-state index contributed by atoms with van der Waals surface area (Å²) in [5, 5.41) is 8.50. The molecule has 0 fully saturated rings. The van der Waals surface area contributed by atoms with Crippen LogP contribution in [0.5, 0.6) is 0 Å². The standard InChI is InChI=1S/C11H20N2O2/c1-5-13(8-6-7-12)9-11(2,3)10(14)15-4/h5-6,8-9H2,1-4H3. The highest BCUT2D eigenvalue weighted by Crippen LogP contribution is 2.18. The maximum absolute atomic E-state index is 11.4. The fourth-order valence-corrected chi connectivity index (χ4v) is 1.46. The second-order valence-corrected chi connectivity index (χ2v) is 4.15. The van der Waals surface area contributed by atoms with Gasteiger partial charge in [-0.15, -0.1) is 0 Å². The van der Waals surface area contributed by atoms with Crippen molar-refractivity contribution in [2.24, 2.45) is 5.41 Å². The van der Waals surface area contributed by atoms with Crippen LogP contribution >= 0.6 is 0 Å². The Labute approximate surface area is 91.8 Å². The zero-order valence-corrected chi connectivity index (χ0v) is 10.0. The molecule has 0 unspecified atom stereocenters. The van der Waals surface area contributed by atoms with E-state index in [2.05, 4.69) is 11.0 Å². The van der Waals surface area contributed by atoms with Gasteiger partial charge >= 0.3 is 5.97 Å². The van der Waals surface area contributed by atoms with E-state index in [-0.39, 0.29) is 5.97 Å². The van der Waals surface area contributed by atoms with Gasteiger partial charge in [-0.1, -0.05) is 6.92 Å². The minimum Gasteiger partial charge on any atom is -0.469 e. The molecule has 0 radical (unpaired) electrons. The maximum Gasteiger partial charge on any atom is 0.312 e. The Morgan fingerprint density at radius 3 is 2.53 bits per heavy atom. The molecule has 15 heavy (non-hydrogen) atoms. The van der Waals surface area contributed by atoms with E-state index in [9.17, 15) is 4.79 Å². The van der Waals surface area contributed by atoms with Crippen LogP contribution in [0.2, 0.25) is 0 Å². The third-order valence-electron chi connectivity index (χ3n) is 2.34. The first-order chi connectivity index (χ1) is 6.97. The third kappa shape index (κ3) is 4.80. The van der Waals surface area contributed by atoms with Crippen molar-refractivity contribution in [2.75, 3.05) is 26.7 Å². The molecule has 0 aromatic heterocycles. The Morgan fingerprint density at radius 2 is 2.13 bits per heavy atom. The molecule has 0 saturated carbocycles. The highest BCUT2D eigenvalue weighted by atomic mass is 16.5. The lowest BCUT2D eigenvalue weighted by Gasteiger charge is -2.29. The summed E-state index contributed by atoms with van der Waals surface area (Å²) in [5.41, 5.74) is -0.514. The molecule has 4 nitrogen and oxygen atoms in total. The van der Waals surface area contributed by atoms with E-state index >= 15 is 0 Å². The van der Waals surface area contributed by atoms with Gasteiger partial charge in [0.25, 0.3) is 0 Å². The Hall–Kier alpha value is -1.08. The van der Waals surface area contributed by atoms with Gasteiger partial charge in [-0.25, -0.2) is 0 Å². The van der Waals surface area contributed by atoms with Gasteiger partial charge in [-0.05, 0) is 20.4 Å². The summed E-state index contributed by atoms with van der Waals surface area (Å²) in [6.45, 7) is 7.89. The summed E-state index contributed by atoms with van der Waals surface area (Å²) < 4.78 is 4.73. The number of nitriles is 1. The summed E-state index contributed by atoms with van der Waals surface area (Å²) in [4.78, 5) is 13.5. The van der Waals surface area contributed by atoms with Crippen LogP contribution in [0.15, 0.2) is 0 Å². The molecule has 0 aliphatic rings. The van der Waals surface area contributed by atoms with Crippen LogP contribution in [-0.2, 0) is 9.53 Å². The van der Waals surface area contributed by atoms with Crippen molar-refractivity contribution in [1.29, 1.82) is 5.26 Å². The lowest BCUT2D eigenvalue weighted by Crippen LogP contribution is -2.40. The zero-order valence-electron chi connectivity index (χ0n) is 10.0. The molecule has 0 atom stereocenters. The van der Waals surface area contributed by atoms with Gasteiger partial charge in [-0.2, -0.15) is 5.26 Å². The van der Waals surface area contributed by atoms with Crippen LogP contribution in [0, 0.1) is 16.7 Å². The maximum atomic E-state index is 11.4. The van der Waals surface area contributed by atoms with E-state index in [0.717, 1.165) is 6.54 Å². The topological polar surface area (TPSA) is 53.3 Å². The van der Waals surface area contributed by atoms with Crippen molar-refractivity contribution in [3.05, 3.63) is 0 Å². The van der Waals surface area contributed by atoms with Gasteiger partial charge in [0, 0.05) is 19.5 Å². The SMILES string of the molecule is CCN(CCC#N)CC(C)(C)C(=O)OC. The van der Waals surface area contributed by atoms with Crippen molar-refractivity contribution < 1.29 is 9.53 Å². The molecule has 0 spiro atoms. The number of carbonyl (C=O) groups excluding carboxylic acids is 1. The molecule has 0 bridgehead atoms. The van der Waals surface area contributed by atoms with Crippen molar-refractivity contribution in [3.8, 4) is 6.07 Å². The minimum atomic E-state index is -0.514. The summed E-state index contributed by atoms with van der Waals surface area (Å²) in [6, 6.07) is 2.10. The van der Waals surface area contributed by atoms with E-state index in [0.29, 0.717) is 19.5 Å².